The van der Waals surface area contributed by atoms with Crippen LogP contribution in [0.25, 0.3) is 44.6 Å². The summed E-state index contributed by atoms with van der Waals surface area (Å²) in [5, 5.41) is 22.7. The minimum Gasteiger partial charge on any atom is -0.497 e. The number of ether oxygens (including phenoxy) is 1. The number of hydrogen-bond acceptors (Lipinski definition) is 6. The predicted molar refractivity (Wildman–Crippen MR) is 186 cm³/mol. The van der Waals surface area contributed by atoms with Crippen LogP contribution in [-0.4, -0.2) is 46.3 Å². The molecule has 0 aliphatic heterocycles. The first-order valence-corrected chi connectivity index (χ1v) is 16.8. The number of pyridine rings is 1. The lowest BCUT2D eigenvalue weighted by atomic mass is 10.0. The van der Waals surface area contributed by atoms with Crippen molar-refractivity contribution in [2.24, 2.45) is 7.05 Å². The van der Waals surface area contributed by atoms with Crippen LogP contribution in [0.15, 0.2) is 91.3 Å². The van der Waals surface area contributed by atoms with Crippen LogP contribution in [0.4, 0.5) is 0 Å². The van der Waals surface area contributed by atoms with Crippen molar-refractivity contribution in [1.29, 1.82) is 0 Å². The normalized spacial score (nSPS) is 15.4. The first kappa shape index (κ1) is 28.9. The van der Waals surface area contributed by atoms with E-state index in [1.807, 2.05) is 57.9 Å². The van der Waals surface area contributed by atoms with Crippen molar-refractivity contribution in [2.45, 2.75) is 56.7 Å². The molecule has 0 saturated heterocycles. The molecule has 2 aliphatic rings. The monoisotopic (exact) mass is 635 g/mol. The first-order valence-electron chi connectivity index (χ1n) is 16.8. The van der Waals surface area contributed by atoms with Gasteiger partial charge < -0.3 is 14.4 Å². The summed E-state index contributed by atoms with van der Waals surface area (Å²) >= 11 is 0. The van der Waals surface area contributed by atoms with Gasteiger partial charge in [-0.15, -0.1) is 0 Å². The fourth-order valence-electron chi connectivity index (χ4n) is 6.99. The summed E-state index contributed by atoms with van der Waals surface area (Å²) in [6, 6.07) is 26.4. The Morgan fingerprint density at radius 3 is 2.38 bits per heavy atom. The van der Waals surface area contributed by atoms with Gasteiger partial charge in [0.2, 0.25) is 0 Å². The maximum absolute atomic E-state index is 10.9. The Morgan fingerprint density at radius 2 is 1.62 bits per heavy atom. The number of nitrogens with zero attached hydrogens (tertiary/aromatic N) is 7. The van der Waals surface area contributed by atoms with Gasteiger partial charge in [0.15, 0.2) is 5.65 Å². The smallest absolute Gasteiger partial charge is 0.181 e. The molecule has 2 aliphatic carbocycles. The summed E-state index contributed by atoms with van der Waals surface area (Å²) in [5.74, 6) is 2.70. The van der Waals surface area contributed by atoms with E-state index in [2.05, 4.69) is 54.3 Å². The number of imidazole rings is 1. The zero-order valence-electron chi connectivity index (χ0n) is 27.1. The van der Waals surface area contributed by atoms with Gasteiger partial charge in [0, 0.05) is 58.9 Å². The lowest BCUT2D eigenvalue weighted by molar-refractivity contribution is 0.152. The van der Waals surface area contributed by atoms with E-state index in [4.69, 9.17) is 24.9 Å². The molecule has 0 bridgehead atoms. The Kier molecular flexibility index (Phi) is 6.90. The van der Waals surface area contributed by atoms with E-state index in [0.29, 0.717) is 24.9 Å². The van der Waals surface area contributed by atoms with Gasteiger partial charge in [0.25, 0.3) is 0 Å². The molecule has 0 unspecified atom stereocenters. The minimum atomic E-state index is -0.642. The molecule has 4 aromatic heterocycles. The Morgan fingerprint density at radius 1 is 0.833 bits per heavy atom. The van der Waals surface area contributed by atoms with Crippen LogP contribution in [-0.2, 0) is 20.1 Å². The van der Waals surface area contributed by atoms with Gasteiger partial charge in [0.05, 0.1) is 43.2 Å². The van der Waals surface area contributed by atoms with Gasteiger partial charge >= 0.3 is 0 Å². The van der Waals surface area contributed by atoms with Crippen molar-refractivity contribution in [1.82, 2.24) is 34.1 Å². The highest BCUT2D eigenvalue weighted by Gasteiger charge is 2.35. The molecular formula is C39H37N7O2. The molecule has 0 spiro atoms. The van der Waals surface area contributed by atoms with Crippen LogP contribution in [0.1, 0.15) is 66.1 Å². The van der Waals surface area contributed by atoms with Crippen molar-refractivity contribution in [3.05, 3.63) is 114 Å². The van der Waals surface area contributed by atoms with Crippen molar-refractivity contribution < 1.29 is 9.84 Å². The van der Waals surface area contributed by atoms with Crippen LogP contribution in [0.5, 0.6) is 5.75 Å². The SMILES string of the molecule is COc1ccc(Cn2cc3cc(-c4nc(-c5cccc6nn(C[C@H](O)c7ccccc7)cc56)c(C5CC5)n4C)c(C4CC4)nc3n2)cc1. The molecule has 2 fully saturated rings. The zero-order chi connectivity index (χ0) is 32.4. The number of aliphatic hydroxyl groups excluding tert-OH is 1. The van der Waals surface area contributed by atoms with Gasteiger partial charge in [-0.05, 0) is 61.1 Å². The predicted octanol–water partition coefficient (Wildman–Crippen LogP) is 7.39. The Hall–Kier alpha value is -5.28. The number of aromatic nitrogens is 7. The molecule has 9 heteroatoms. The maximum atomic E-state index is 10.9. The third-order valence-corrected chi connectivity index (χ3v) is 9.78. The number of hydrogen-bond donors (Lipinski definition) is 1. The number of fused-ring (bicyclic) bond motifs is 2. The molecule has 0 radical (unpaired) electrons. The second-order valence-electron chi connectivity index (χ2n) is 13.3. The standard InChI is InChI=1S/C39H37N7O2/c1-44-37(27-15-16-27)36(30-9-6-10-33-32(30)22-46(42-33)23-34(47)25-7-4-3-5-8-25)41-39(44)31-19-28-21-45(20-24-11-17-29(48-2)18-12-24)43-38(28)40-35(31)26-13-14-26/h3-12,17-19,21-22,26-27,34,47H,13-16,20,23H2,1-2H3/t34-/m0/s1. The lowest BCUT2D eigenvalue weighted by Crippen LogP contribution is -2.08. The van der Waals surface area contributed by atoms with Crippen molar-refractivity contribution >= 4 is 21.9 Å². The maximum Gasteiger partial charge on any atom is 0.181 e. The summed E-state index contributed by atoms with van der Waals surface area (Å²) in [7, 11) is 3.84. The van der Waals surface area contributed by atoms with Crippen LogP contribution in [0.2, 0.25) is 0 Å². The summed E-state index contributed by atoms with van der Waals surface area (Å²) in [6.45, 7) is 1.04. The van der Waals surface area contributed by atoms with Gasteiger partial charge in [-0.1, -0.05) is 54.6 Å². The van der Waals surface area contributed by atoms with Crippen molar-refractivity contribution in [3.8, 4) is 28.4 Å². The van der Waals surface area contributed by atoms with Crippen molar-refractivity contribution in [2.75, 3.05) is 7.11 Å². The molecule has 48 heavy (non-hydrogen) atoms. The number of benzene rings is 3. The highest BCUT2D eigenvalue weighted by molar-refractivity contribution is 5.95. The van der Waals surface area contributed by atoms with Crippen molar-refractivity contribution in [3.63, 3.8) is 0 Å². The number of rotatable bonds is 10. The van der Waals surface area contributed by atoms with Gasteiger partial charge in [-0.2, -0.15) is 10.2 Å². The topological polar surface area (TPSA) is 95.8 Å². The first-order chi connectivity index (χ1) is 23.5. The van der Waals surface area contributed by atoms with E-state index in [1.165, 1.54) is 5.69 Å². The Bertz CT molecular complexity index is 2280. The number of methoxy groups -OCH3 is 1. The second-order valence-corrected chi connectivity index (χ2v) is 13.3. The third kappa shape index (κ3) is 5.24. The molecule has 2 saturated carbocycles. The molecular weight excluding hydrogens is 598 g/mol. The van der Waals surface area contributed by atoms with E-state index >= 15 is 0 Å². The van der Waals surface area contributed by atoms with Crippen LogP contribution in [0, 0.1) is 0 Å². The lowest BCUT2D eigenvalue weighted by Gasteiger charge is -2.10. The fraction of sp³-hybridized carbons (Fsp3) is 0.282. The van der Waals surface area contributed by atoms with Crippen LogP contribution in [0.3, 0.4) is 0 Å². The minimum absolute atomic E-state index is 0.379. The quantitative estimate of drug-likeness (QED) is 0.168. The highest BCUT2D eigenvalue weighted by atomic mass is 16.5. The van der Waals surface area contributed by atoms with Gasteiger partial charge in [-0.3, -0.25) is 9.36 Å². The summed E-state index contributed by atoms with van der Waals surface area (Å²) in [6.07, 6.45) is 8.11. The summed E-state index contributed by atoms with van der Waals surface area (Å²) in [4.78, 5) is 10.6. The molecule has 0 amide bonds. The van der Waals surface area contributed by atoms with E-state index in [9.17, 15) is 5.11 Å². The average molecular weight is 636 g/mol. The van der Waals surface area contributed by atoms with E-state index in [1.54, 1.807) is 7.11 Å². The zero-order valence-corrected chi connectivity index (χ0v) is 27.1. The molecule has 9 rings (SSSR count). The fourth-order valence-corrected chi connectivity index (χ4v) is 6.99. The highest BCUT2D eigenvalue weighted by Crippen LogP contribution is 2.49. The van der Waals surface area contributed by atoms with Gasteiger partial charge in [-0.25, -0.2) is 9.97 Å². The van der Waals surface area contributed by atoms with Gasteiger partial charge in [0.1, 0.15) is 11.6 Å². The summed E-state index contributed by atoms with van der Waals surface area (Å²) < 4.78 is 11.5. The van der Waals surface area contributed by atoms with Crippen LogP contribution < -0.4 is 4.74 Å². The molecule has 9 nitrogen and oxygen atoms in total. The molecule has 240 valence electrons. The largest absolute Gasteiger partial charge is 0.497 e. The Labute approximate surface area is 278 Å². The second kappa shape index (κ2) is 11.5. The summed E-state index contributed by atoms with van der Waals surface area (Å²) in [5.41, 5.74) is 9.26. The molecule has 1 atom stereocenters. The Balaban J connectivity index is 1.11. The van der Waals surface area contributed by atoms with E-state index in [0.717, 1.165) is 92.8 Å². The average Bonchev–Trinajstić information content (AvgIpc) is 4.03. The molecule has 3 aromatic carbocycles. The molecule has 1 N–H and O–H groups in total. The third-order valence-electron chi connectivity index (χ3n) is 9.78. The number of aliphatic hydroxyl groups is 1. The van der Waals surface area contributed by atoms with Crippen LogP contribution >= 0.6 is 0 Å². The molecule has 7 aromatic rings. The van der Waals surface area contributed by atoms with E-state index in [-0.39, 0.29) is 0 Å². The van der Waals surface area contributed by atoms with E-state index < -0.39 is 6.10 Å². The molecule has 4 heterocycles.